The predicted octanol–water partition coefficient (Wildman–Crippen LogP) is 4.29. The van der Waals surface area contributed by atoms with Gasteiger partial charge in [-0.3, -0.25) is 4.79 Å². The van der Waals surface area contributed by atoms with Gasteiger partial charge in [0.1, 0.15) is 0 Å². The first-order chi connectivity index (χ1) is 8.92. The van der Waals surface area contributed by atoms with Gasteiger partial charge in [-0.15, -0.1) is 0 Å². The van der Waals surface area contributed by atoms with Crippen LogP contribution in [0.15, 0.2) is 30.6 Å². The average molecular weight is 257 g/mol. The van der Waals surface area contributed by atoms with Crippen molar-refractivity contribution in [3.05, 3.63) is 58.4 Å². The van der Waals surface area contributed by atoms with Crippen molar-refractivity contribution in [2.45, 2.75) is 41.2 Å². The largest absolute Gasteiger partial charge is 0.348 e. The molecule has 1 aromatic rings. The van der Waals surface area contributed by atoms with E-state index in [1.165, 1.54) is 11.1 Å². The fraction of sp³-hybridized carbons (Fsp3) is 0.353. The van der Waals surface area contributed by atoms with Gasteiger partial charge in [-0.1, -0.05) is 18.7 Å². The lowest BCUT2D eigenvalue weighted by Crippen LogP contribution is -2.16. The van der Waals surface area contributed by atoms with Crippen molar-refractivity contribution < 1.29 is 4.79 Å². The molecular weight excluding hydrogens is 234 g/mol. The van der Waals surface area contributed by atoms with Gasteiger partial charge in [-0.05, 0) is 63.1 Å². The number of rotatable bonds is 5. The van der Waals surface area contributed by atoms with Crippen LogP contribution in [-0.2, 0) is 6.54 Å². The van der Waals surface area contributed by atoms with Gasteiger partial charge in [0.25, 0.3) is 0 Å². The molecule has 0 atom stereocenters. The van der Waals surface area contributed by atoms with E-state index in [4.69, 9.17) is 0 Å². The Kier molecular flexibility index (Phi) is 5.11. The topological polar surface area (TPSA) is 20.3 Å². The molecular formula is C17H23NO. The molecule has 0 amide bonds. The van der Waals surface area contributed by atoms with Crippen LogP contribution in [-0.4, -0.2) is 11.2 Å². The van der Waals surface area contributed by atoms with Gasteiger partial charge in [0.2, 0.25) is 0 Å². The van der Waals surface area contributed by atoms with Crippen LogP contribution in [0.25, 0.3) is 0 Å². The minimum atomic E-state index is 0.748. The van der Waals surface area contributed by atoms with Crippen molar-refractivity contribution in [3.63, 3.8) is 0 Å². The number of carbonyl (C=O) groups excluding carboxylic acids is 1. The fourth-order valence-corrected chi connectivity index (χ4v) is 2.33. The molecule has 0 aromatic heterocycles. The molecule has 0 saturated carbocycles. The molecule has 19 heavy (non-hydrogen) atoms. The van der Waals surface area contributed by atoms with E-state index in [1.807, 2.05) is 40.0 Å². The summed E-state index contributed by atoms with van der Waals surface area (Å²) < 4.78 is 0. The van der Waals surface area contributed by atoms with E-state index in [0.717, 1.165) is 35.2 Å². The van der Waals surface area contributed by atoms with Crippen LogP contribution in [0.1, 0.15) is 46.5 Å². The number of hydrogen-bond acceptors (Lipinski definition) is 2. The highest BCUT2D eigenvalue weighted by Gasteiger charge is 2.12. The second-order valence-corrected chi connectivity index (χ2v) is 4.99. The molecule has 0 unspecified atom stereocenters. The Morgan fingerprint density at radius 2 is 1.95 bits per heavy atom. The van der Waals surface area contributed by atoms with Crippen molar-refractivity contribution in [2.24, 2.45) is 0 Å². The molecule has 0 aliphatic heterocycles. The highest BCUT2D eigenvalue weighted by Crippen LogP contribution is 2.23. The van der Waals surface area contributed by atoms with Gasteiger partial charge < -0.3 is 4.90 Å². The Balaban J connectivity index is 3.27. The zero-order valence-electron chi connectivity index (χ0n) is 12.6. The molecule has 0 N–H and O–H groups in total. The van der Waals surface area contributed by atoms with E-state index in [9.17, 15) is 4.79 Å². The van der Waals surface area contributed by atoms with E-state index in [2.05, 4.69) is 24.5 Å². The Labute approximate surface area is 116 Å². The number of benzene rings is 1. The third kappa shape index (κ3) is 3.34. The van der Waals surface area contributed by atoms with Crippen LogP contribution in [0.5, 0.6) is 0 Å². The Morgan fingerprint density at radius 3 is 2.42 bits per heavy atom. The SMILES string of the molecule is C=C(C)N(/C=C\C)Cc1c(C)cc(C)c(C=O)c1C. The van der Waals surface area contributed by atoms with Gasteiger partial charge in [0.05, 0.1) is 0 Å². The molecule has 0 spiro atoms. The number of hydrogen-bond donors (Lipinski definition) is 0. The van der Waals surface area contributed by atoms with Crippen molar-refractivity contribution in [2.75, 3.05) is 0 Å². The maximum Gasteiger partial charge on any atom is 0.150 e. The molecule has 2 nitrogen and oxygen atoms in total. The van der Waals surface area contributed by atoms with Crippen LogP contribution in [0, 0.1) is 20.8 Å². The lowest BCUT2D eigenvalue weighted by molar-refractivity contribution is 0.112. The second-order valence-electron chi connectivity index (χ2n) is 4.99. The fourth-order valence-electron chi connectivity index (χ4n) is 2.33. The maximum absolute atomic E-state index is 11.2. The number of allylic oxidation sites excluding steroid dienone is 2. The maximum atomic E-state index is 11.2. The van der Waals surface area contributed by atoms with Crippen LogP contribution in [0.2, 0.25) is 0 Å². The van der Waals surface area contributed by atoms with Gasteiger partial charge in [0.15, 0.2) is 6.29 Å². The zero-order valence-corrected chi connectivity index (χ0v) is 12.6. The lowest BCUT2D eigenvalue weighted by atomic mass is 9.93. The van der Waals surface area contributed by atoms with Crippen LogP contribution < -0.4 is 0 Å². The van der Waals surface area contributed by atoms with E-state index in [1.54, 1.807) is 0 Å². The summed E-state index contributed by atoms with van der Waals surface area (Å²) in [5.41, 5.74) is 6.34. The summed E-state index contributed by atoms with van der Waals surface area (Å²) in [6.45, 7) is 14.8. The summed E-state index contributed by atoms with van der Waals surface area (Å²) >= 11 is 0. The summed E-state index contributed by atoms with van der Waals surface area (Å²) in [7, 11) is 0. The van der Waals surface area contributed by atoms with Crippen molar-refractivity contribution >= 4 is 6.29 Å². The van der Waals surface area contributed by atoms with Gasteiger partial charge in [-0.25, -0.2) is 0 Å². The van der Waals surface area contributed by atoms with Gasteiger partial charge >= 0.3 is 0 Å². The Hall–Kier alpha value is -1.83. The first-order valence-electron chi connectivity index (χ1n) is 6.52. The van der Waals surface area contributed by atoms with Crippen LogP contribution in [0.4, 0.5) is 0 Å². The monoisotopic (exact) mass is 257 g/mol. The van der Waals surface area contributed by atoms with E-state index >= 15 is 0 Å². The predicted molar refractivity (Wildman–Crippen MR) is 81.2 cm³/mol. The highest BCUT2D eigenvalue weighted by atomic mass is 16.1. The Morgan fingerprint density at radius 1 is 1.32 bits per heavy atom. The van der Waals surface area contributed by atoms with Crippen LogP contribution >= 0.6 is 0 Å². The summed E-state index contributed by atoms with van der Waals surface area (Å²) in [6.07, 6.45) is 4.96. The summed E-state index contributed by atoms with van der Waals surface area (Å²) in [4.78, 5) is 13.3. The molecule has 0 saturated heterocycles. The highest BCUT2D eigenvalue weighted by molar-refractivity contribution is 5.80. The normalized spacial score (nSPS) is 10.8. The van der Waals surface area contributed by atoms with Gasteiger partial charge in [-0.2, -0.15) is 0 Å². The molecule has 1 aromatic carbocycles. The quantitative estimate of drug-likeness (QED) is 0.733. The molecule has 0 bridgehead atoms. The third-order valence-corrected chi connectivity index (χ3v) is 3.46. The minimum Gasteiger partial charge on any atom is -0.348 e. The zero-order chi connectivity index (χ0) is 14.6. The third-order valence-electron chi connectivity index (χ3n) is 3.46. The number of carbonyl (C=O) groups is 1. The molecule has 0 fully saturated rings. The molecule has 1 rings (SSSR count). The first-order valence-corrected chi connectivity index (χ1v) is 6.52. The minimum absolute atomic E-state index is 0.748. The Bertz CT molecular complexity index is 527. The summed E-state index contributed by atoms with van der Waals surface area (Å²) in [5.74, 6) is 0. The van der Waals surface area contributed by atoms with Gasteiger partial charge in [0, 0.05) is 17.8 Å². The van der Waals surface area contributed by atoms with E-state index in [-0.39, 0.29) is 0 Å². The summed E-state index contributed by atoms with van der Waals surface area (Å²) in [5, 5.41) is 0. The molecule has 0 aliphatic rings. The van der Waals surface area contributed by atoms with E-state index in [0.29, 0.717) is 0 Å². The number of aryl methyl sites for hydroxylation is 2. The van der Waals surface area contributed by atoms with Crippen molar-refractivity contribution in [1.82, 2.24) is 4.90 Å². The standard InChI is InChI=1S/C17H23NO/c1-7-8-18(12(2)3)10-16-13(4)9-14(5)17(11-19)15(16)6/h7-9,11H,2,10H2,1,3-6H3/b8-7-. The van der Waals surface area contributed by atoms with Crippen molar-refractivity contribution in [3.8, 4) is 0 Å². The number of nitrogens with zero attached hydrogens (tertiary/aromatic N) is 1. The van der Waals surface area contributed by atoms with E-state index < -0.39 is 0 Å². The first kappa shape index (κ1) is 15.2. The molecule has 0 aliphatic carbocycles. The molecule has 0 heterocycles. The second kappa shape index (κ2) is 6.37. The smallest absolute Gasteiger partial charge is 0.150 e. The van der Waals surface area contributed by atoms with Crippen LogP contribution in [0.3, 0.4) is 0 Å². The molecule has 2 heteroatoms. The molecule has 0 radical (unpaired) electrons. The lowest BCUT2D eigenvalue weighted by Gasteiger charge is -2.24. The summed E-state index contributed by atoms with van der Waals surface area (Å²) in [6, 6.07) is 2.08. The number of aldehydes is 1. The average Bonchev–Trinajstić information content (AvgIpc) is 2.33. The molecule has 102 valence electrons. The van der Waals surface area contributed by atoms with Crippen molar-refractivity contribution in [1.29, 1.82) is 0 Å².